The Kier molecular flexibility index (Phi) is 5.91. The minimum atomic E-state index is 0.984. The largest absolute Gasteiger partial charge is 0.292 e. The monoisotopic (exact) mass is 534 g/mol. The summed E-state index contributed by atoms with van der Waals surface area (Å²) < 4.78 is 3.62. The molecule has 2 nitrogen and oxygen atoms in total. The molecule has 194 valence electrons. The van der Waals surface area contributed by atoms with Crippen molar-refractivity contribution in [3.8, 4) is 39.3 Å². The Labute approximate surface area is 239 Å². The predicted molar refractivity (Wildman–Crippen MR) is 172 cm³/mol. The van der Waals surface area contributed by atoms with E-state index in [9.17, 15) is 0 Å². The number of aryl methyl sites for hydroxylation is 4. The smallest absolute Gasteiger partial charge is 0.147 e. The number of nitrogens with zero attached hydrogens (tertiary/aromatic N) is 2. The summed E-state index contributed by atoms with van der Waals surface area (Å²) >= 11 is 1.79. The molecule has 3 heteroatoms. The van der Waals surface area contributed by atoms with Crippen molar-refractivity contribution in [2.75, 3.05) is 0 Å². The lowest BCUT2D eigenvalue weighted by Crippen LogP contribution is -2.00. The van der Waals surface area contributed by atoms with Crippen molar-refractivity contribution in [1.29, 1.82) is 0 Å². The van der Waals surface area contributed by atoms with E-state index in [1.807, 2.05) is 0 Å². The topological polar surface area (TPSA) is 17.8 Å². The van der Waals surface area contributed by atoms with Crippen LogP contribution in [0.1, 0.15) is 22.3 Å². The lowest BCUT2D eigenvalue weighted by atomic mass is 9.94. The fourth-order valence-corrected chi connectivity index (χ4v) is 7.15. The highest BCUT2D eigenvalue weighted by atomic mass is 32.1. The van der Waals surface area contributed by atoms with Gasteiger partial charge in [-0.3, -0.25) is 4.57 Å². The van der Waals surface area contributed by atoms with Gasteiger partial charge in [-0.2, -0.15) is 0 Å². The maximum Gasteiger partial charge on any atom is 0.147 e. The normalized spacial score (nSPS) is 11.5. The Morgan fingerprint density at radius 1 is 0.600 bits per heavy atom. The zero-order valence-corrected chi connectivity index (χ0v) is 24.0. The molecule has 0 saturated carbocycles. The molecule has 2 aromatic heterocycles. The summed E-state index contributed by atoms with van der Waals surface area (Å²) in [5.41, 5.74) is 14.7. The van der Waals surface area contributed by atoms with E-state index in [2.05, 4.69) is 141 Å². The maximum absolute atomic E-state index is 5.23. The van der Waals surface area contributed by atoms with Crippen molar-refractivity contribution in [3.05, 3.63) is 131 Å². The molecule has 0 fully saturated rings. The van der Waals surface area contributed by atoms with Crippen molar-refractivity contribution < 1.29 is 0 Å². The number of aromatic nitrogens is 2. The number of rotatable bonds is 4. The molecule has 5 aromatic carbocycles. The molecule has 0 aliphatic heterocycles. The molecule has 7 aromatic rings. The molecule has 2 heterocycles. The van der Waals surface area contributed by atoms with Crippen LogP contribution in [0.4, 0.5) is 0 Å². The number of fused-ring (bicyclic) bond motifs is 2. The van der Waals surface area contributed by atoms with Gasteiger partial charge in [-0.25, -0.2) is 4.98 Å². The molecule has 0 saturated heterocycles. The van der Waals surface area contributed by atoms with Crippen LogP contribution >= 0.6 is 11.3 Å². The fraction of sp³-hybridized carbons (Fsp3) is 0.108. The van der Waals surface area contributed by atoms with Gasteiger partial charge in [0.15, 0.2) is 0 Å². The molecule has 0 unspecified atom stereocenters. The average molecular weight is 535 g/mol. The molecule has 0 radical (unpaired) electrons. The quantitative estimate of drug-likeness (QED) is 0.220. The predicted octanol–water partition coefficient (Wildman–Crippen LogP) is 10.5. The second-order valence-corrected chi connectivity index (χ2v) is 11.6. The number of para-hydroxylation sites is 2. The number of benzene rings is 5. The van der Waals surface area contributed by atoms with Crippen LogP contribution in [0.15, 0.2) is 109 Å². The van der Waals surface area contributed by atoms with Gasteiger partial charge in [-0.05, 0) is 109 Å². The average Bonchev–Trinajstić information content (AvgIpc) is 3.54. The highest BCUT2D eigenvalue weighted by Gasteiger charge is 2.20. The van der Waals surface area contributed by atoms with Gasteiger partial charge in [0.1, 0.15) is 5.82 Å². The van der Waals surface area contributed by atoms with Crippen molar-refractivity contribution in [3.63, 3.8) is 0 Å². The molecular weight excluding hydrogens is 504 g/mol. The Bertz CT molecular complexity index is 2000. The Balaban J connectivity index is 1.46. The molecule has 0 bridgehead atoms. The van der Waals surface area contributed by atoms with E-state index in [4.69, 9.17) is 4.98 Å². The first-order valence-electron chi connectivity index (χ1n) is 13.7. The van der Waals surface area contributed by atoms with Gasteiger partial charge in [0.05, 0.1) is 11.0 Å². The highest BCUT2D eigenvalue weighted by molar-refractivity contribution is 7.17. The van der Waals surface area contributed by atoms with E-state index in [1.54, 1.807) is 11.3 Å². The zero-order valence-electron chi connectivity index (χ0n) is 23.2. The first kappa shape index (κ1) is 24.6. The number of hydrogen-bond acceptors (Lipinski definition) is 2. The summed E-state index contributed by atoms with van der Waals surface area (Å²) in [4.78, 5) is 5.23. The van der Waals surface area contributed by atoms with Crippen LogP contribution < -0.4 is 0 Å². The van der Waals surface area contributed by atoms with Crippen molar-refractivity contribution in [1.82, 2.24) is 9.55 Å². The molecule has 0 N–H and O–H groups in total. The minimum absolute atomic E-state index is 0.984. The minimum Gasteiger partial charge on any atom is -0.292 e. The summed E-state index contributed by atoms with van der Waals surface area (Å²) in [6.45, 7) is 8.83. The second kappa shape index (κ2) is 9.62. The van der Waals surface area contributed by atoms with E-state index < -0.39 is 0 Å². The zero-order chi connectivity index (χ0) is 27.4. The lowest BCUT2D eigenvalue weighted by molar-refractivity contribution is 1.10. The van der Waals surface area contributed by atoms with E-state index in [0.717, 1.165) is 22.5 Å². The van der Waals surface area contributed by atoms with E-state index in [-0.39, 0.29) is 0 Å². The molecule has 7 rings (SSSR count). The van der Waals surface area contributed by atoms with Crippen LogP contribution in [-0.2, 0) is 0 Å². The van der Waals surface area contributed by atoms with Gasteiger partial charge in [-0.15, -0.1) is 11.3 Å². The van der Waals surface area contributed by atoms with Crippen molar-refractivity contribution in [2.45, 2.75) is 27.7 Å². The third-order valence-electron chi connectivity index (χ3n) is 7.98. The Hall–Kier alpha value is -4.47. The number of hydrogen-bond donors (Lipinski definition) is 0. The van der Waals surface area contributed by atoms with Gasteiger partial charge >= 0.3 is 0 Å². The number of imidazole rings is 1. The first-order chi connectivity index (χ1) is 19.5. The molecular formula is C37H30N2S. The first-order valence-corrected chi connectivity index (χ1v) is 14.6. The fourth-order valence-electron chi connectivity index (χ4n) is 6.23. The molecule has 0 atom stereocenters. The van der Waals surface area contributed by atoms with Gasteiger partial charge in [0.2, 0.25) is 0 Å². The van der Waals surface area contributed by atoms with Gasteiger partial charge in [0.25, 0.3) is 0 Å². The van der Waals surface area contributed by atoms with Crippen LogP contribution in [-0.4, -0.2) is 9.55 Å². The van der Waals surface area contributed by atoms with Gasteiger partial charge in [0, 0.05) is 26.7 Å². The van der Waals surface area contributed by atoms with E-state index >= 15 is 0 Å². The SMILES string of the molecule is Cc1cccc(C)c1-c1ccc2scc(-c3nc4ccccc4n3-c3cc(C)c(-c4ccccc4)c(C)c3)c2c1. The summed E-state index contributed by atoms with van der Waals surface area (Å²) in [6, 6.07) is 37.2. The Morgan fingerprint density at radius 3 is 2.02 bits per heavy atom. The van der Waals surface area contributed by atoms with Crippen LogP contribution in [0.3, 0.4) is 0 Å². The summed E-state index contributed by atoms with van der Waals surface area (Å²) in [5.74, 6) is 0.984. The van der Waals surface area contributed by atoms with Crippen molar-refractivity contribution >= 4 is 32.5 Å². The summed E-state index contributed by atoms with van der Waals surface area (Å²) in [5, 5.41) is 3.52. The molecule has 0 spiro atoms. The van der Waals surface area contributed by atoms with E-state index in [0.29, 0.717) is 0 Å². The van der Waals surface area contributed by atoms with Crippen LogP contribution in [0.2, 0.25) is 0 Å². The molecule has 0 amide bonds. The van der Waals surface area contributed by atoms with Crippen LogP contribution in [0, 0.1) is 27.7 Å². The third-order valence-corrected chi connectivity index (χ3v) is 8.95. The summed E-state index contributed by atoms with van der Waals surface area (Å²) in [6.07, 6.45) is 0. The summed E-state index contributed by atoms with van der Waals surface area (Å²) in [7, 11) is 0. The van der Waals surface area contributed by atoms with Gasteiger partial charge in [-0.1, -0.05) is 66.7 Å². The third kappa shape index (κ3) is 3.97. The lowest BCUT2D eigenvalue weighted by Gasteiger charge is -2.16. The molecule has 0 aliphatic rings. The Morgan fingerprint density at radius 2 is 1.27 bits per heavy atom. The molecule has 0 aliphatic carbocycles. The maximum atomic E-state index is 5.23. The standard InChI is InChI=1S/C37H30N2S/c1-23-11-10-12-24(2)35(23)28-17-18-34-30(21-28)31(22-40-34)37-38-32-15-8-9-16-33(32)39(37)29-19-25(3)36(26(4)20-29)27-13-6-5-7-14-27/h5-22H,1-4H3. The van der Waals surface area contributed by atoms with Gasteiger partial charge < -0.3 is 0 Å². The highest BCUT2D eigenvalue weighted by Crippen LogP contribution is 2.40. The number of thiophene rings is 1. The van der Waals surface area contributed by atoms with Crippen LogP contribution in [0.25, 0.3) is 60.4 Å². The molecule has 40 heavy (non-hydrogen) atoms. The van der Waals surface area contributed by atoms with E-state index in [1.165, 1.54) is 60.2 Å². The van der Waals surface area contributed by atoms with Crippen molar-refractivity contribution in [2.24, 2.45) is 0 Å². The second-order valence-electron chi connectivity index (χ2n) is 10.7. The van der Waals surface area contributed by atoms with Crippen LogP contribution in [0.5, 0.6) is 0 Å².